The van der Waals surface area contributed by atoms with Crippen LogP contribution < -0.4 is 10.1 Å². The lowest BCUT2D eigenvalue weighted by molar-refractivity contribution is -0.139. The third kappa shape index (κ3) is 8.06. The van der Waals surface area contributed by atoms with Crippen molar-refractivity contribution in [2.75, 3.05) is 12.9 Å². The Kier molecular flexibility index (Phi) is 10.9. The highest BCUT2D eigenvalue weighted by molar-refractivity contribution is 7.99. The number of halogens is 1. The van der Waals surface area contributed by atoms with E-state index in [1.807, 2.05) is 57.2 Å². The van der Waals surface area contributed by atoms with Gasteiger partial charge in [0.2, 0.25) is 11.8 Å². The Bertz CT molecular complexity index is 858. The first-order chi connectivity index (χ1) is 15.4. The molecule has 0 spiro atoms. The van der Waals surface area contributed by atoms with Crippen molar-refractivity contribution < 1.29 is 14.3 Å². The van der Waals surface area contributed by atoms with Crippen LogP contribution in [0.3, 0.4) is 0 Å². The Morgan fingerprint density at radius 3 is 2.22 bits per heavy atom. The minimum atomic E-state index is -0.520. The summed E-state index contributed by atoms with van der Waals surface area (Å²) in [5, 5.41) is 3.67. The first kappa shape index (κ1) is 26.1. The predicted molar refractivity (Wildman–Crippen MR) is 133 cm³/mol. The van der Waals surface area contributed by atoms with E-state index >= 15 is 0 Å². The molecule has 0 heterocycles. The van der Waals surface area contributed by atoms with Gasteiger partial charge in [-0.25, -0.2) is 0 Å². The fraction of sp³-hybridized carbons (Fsp3) is 0.440. The molecule has 2 rings (SSSR count). The summed E-state index contributed by atoms with van der Waals surface area (Å²) in [4.78, 5) is 27.9. The lowest BCUT2D eigenvalue weighted by Crippen LogP contribution is -2.51. The van der Waals surface area contributed by atoms with E-state index in [1.165, 1.54) is 0 Å². The highest BCUT2D eigenvalue weighted by atomic mass is 35.5. The zero-order chi connectivity index (χ0) is 23.5. The Balaban J connectivity index is 2.10. The molecular formula is C25H33ClN2O3S. The van der Waals surface area contributed by atoms with Crippen LogP contribution in [-0.4, -0.2) is 41.7 Å². The second kappa shape index (κ2) is 13.4. The van der Waals surface area contributed by atoms with Crippen molar-refractivity contribution in [3.05, 3.63) is 64.7 Å². The number of nitrogens with zero attached hydrogens (tertiary/aromatic N) is 1. The first-order valence-corrected chi connectivity index (χ1v) is 12.5. The minimum Gasteiger partial charge on any atom is -0.497 e. The second-order valence-corrected chi connectivity index (χ2v) is 9.15. The minimum absolute atomic E-state index is 0.0513. The van der Waals surface area contributed by atoms with Crippen molar-refractivity contribution >= 4 is 35.2 Å². The Morgan fingerprint density at radius 2 is 1.66 bits per heavy atom. The molecule has 5 nitrogen and oxygen atoms in total. The van der Waals surface area contributed by atoms with E-state index in [1.54, 1.807) is 35.9 Å². The summed E-state index contributed by atoms with van der Waals surface area (Å²) in [5.41, 5.74) is 2.06. The Morgan fingerprint density at radius 1 is 1.03 bits per heavy atom. The van der Waals surface area contributed by atoms with E-state index in [0.717, 1.165) is 23.3 Å². The average Bonchev–Trinajstić information content (AvgIpc) is 2.80. The molecule has 32 heavy (non-hydrogen) atoms. The number of thioether (sulfide) groups is 1. The number of hydrogen-bond acceptors (Lipinski definition) is 4. The zero-order valence-corrected chi connectivity index (χ0v) is 20.8. The third-order valence-corrected chi connectivity index (χ3v) is 6.55. The SMILES string of the molecule is CCC(C)NC(=O)C(CC)N(Cc1ccc(Cl)cc1)C(=O)CSCc1ccc(OC)cc1. The van der Waals surface area contributed by atoms with Crippen LogP contribution in [0, 0.1) is 0 Å². The van der Waals surface area contributed by atoms with Crippen LogP contribution in [0.4, 0.5) is 0 Å². The van der Waals surface area contributed by atoms with Gasteiger partial charge < -0.3 is 15.0 Å². The van der Waals surface area contributed by atoms with Crippen LogP contribution in [-0.2, 0) is 21.9 Å². The van der Waals surface area contributed by atoms with E-state index in [9.17, 15) is 9.59 Å². The summed E-state index contributed by atoms with van der Waals surface area (Å²) in [6, 6.07) is 14.8. The van der Waals surface area contributed by atoms with Crippen LogP contribution in [0.2, 0.25) is 5.02 Å². The normalized spacial score (nSPS) is 12.7. The molecule has 0 aliphatic rings. The van der Waals surface area contributed by atoms with Gasteiger partial charge >= 0.3 is 0 Å². The summed E-state index contributed by atoms with van der Waals surface area (Å²) in [6.45, 7) is 6.30. The summed E-state index contributed by atoms with van der Waals surface area (Å²) < 4.78 is 5.19. The number of amides is 2. The van der Waals surface area contributed by atoms with Crippen LogP contribution in [0.1, 0.15) is 44.7 Å². The molecule has 2 atom stereocenters. The number of nitrogens with one attached hydrogen (secondary N) is 1. The second-order valence-electron chi connectivity index (χ2n) is 7.73. The lowest BCUT2D eigenvalue weighted by Gasteiger charge is -2.31. The summed E-state index contributed by atoms with van der Waals surface area (Å²) in [5.74, 6) is 1.66. The quantitative estimate of drug-likeness (QED) is 0.451. The van der Waals surface area contributed by atoms with Crippen LogP contribution in [0.5, 0.6) is 5.75 Å². The molecule has 0 bridgehead atoms. The molecule has 0 saturated carbocycles. The number of benzene rings is 2. The summed E-state index contributed by atoms with van der Waals surface area (Å²) >= 11 is 7.56. The van der Waals surface area contributed by atoms with E-state index in [2.05, 4.69) is 5.32 Å². The van der Waals surface area contributed by atoms with E-state index < -0.39 is 6.04 Å². The van der Waals surface area contributed by atoms with Crippen molar-refractivity contribution in [3.8, 4) is 5.75 Å². The molecule has 174 valence electrons. The number of hydrogen-bond donors (Lipinski definition) is 1. The number of carbonyl (C=O) groups excluding carboxylic acids is 2. The van der Waals surface area contributed by atoms with Gasteiger partial charge in [-0.2, -0.15) is 0 Å². The summed E-state index contributed by atoms with van der Waals surface area (Å²) in [7, 11) is 1.64. The van der Waals surface area contributed by atoms with E-state index in [4.69, 9.17) is 16.3 Å². The van der Waals surface area contributed by atoms with Crippen molar-refractivity contribution in [1.82, 2.24) is 10.2 Å². The maximum Gasteiger partial charge on any atom is 0.243 e. The molecule has 2 unspecified atom stereocenters. The topological polar surface area (TPSA) is 58.6 Å². The van der Waals surface area contributed by atoms with Crippen LogP contribution in [0.15, 0.2) is 48.5 Å². The fourth-order valence-corrected chi connectivity index (χ4v) is 4.20. The van der Waals surface area contributed by atoms with Gasteiger partial charge in [-0.3, -0.25) is 9.59 Å². The zero-order valence-electron chi connectivity index (χ0n) is 19.3. The first-order valence-electron chi connectivity index (χ1n) is 10.9. The monoisotopic (exact) mass is 476 g/mol. The van der Waals surface area contributed by atoms with Crippen molar-refractivity contribution in [2.24, 2.45) is 0 Å². The van der Waals surface area contributed by atoms with E-state index in [-0.39, 0.29) is 17.9 Å². The maximum atomic E-state index is 13.2. The summed E-state index contributed by atoms with van der Waals surface area (Å²) in [6.07, 6.45) is 1.38. The molecule has 2 aromatic rings. The van der Waals surface area contributed by atoms with Gasteiger partial charge in [0.1, 0.15) is 11.8 Å². The lowest BCUT2D eigenvalue weighted by atomic mass is 10.1. The highest BCUT2D eigenvalue weighted by Gasteiger charge is 2.29. The molecule has 2 aromatic carbocycles. The van der Waals surface area contributed by atoms with Gasteiger partial charge in [-0.05, 0) is 55.2 Å². The predicted octanol–water partition coefficient (Wildman–Crippen LogP) is 5.30. The molecule has 0 radical (unpaired) electrons. The standard InChI is InChI=1S/C25H33ClN2O3S/c1-5-18(3)27-25(30)23(6-2)28(15-19-7-11-21(26)12-8-19)24(29)17-32-16-20-9-13-22(31-4)14-10-20/h7-14,18,23H,5-6,15-17H2,1-4H3,(H,27,30). The van der Waals surface area contributed by atoms with Gasteiger partial charge in [0, 0.05) is 23.4 Å². The smallest absolute Gasteiger partial charge is 0.243 e. The van der Waals surface area contributed by atoms with Crippen molar-refractivity contribution in [3.63, 3.8) is 0 Å². The van der Waals surface area contributed by atoms with Crippen molar-refractivity contribution in [2.45, 2.75) is 58.0 Å². The van der Waals surface area contributed by atoms with Gasteiger partial charge in [-0.1, -0.05) is 49.7 Å². The average molecular weight is 477 g/mol. The largest absolute Gasteiger partial charge is 0.497 e. The number of ether oxygens (including phenoxy) is 1. The number of methoxy groups -OCH3 is 1. The third-order valence-electron chi connectivity index (χ3n) is 5.31. The molecule has 7 heteroatoms. The molecule has 0 aromatic heterocycles. The maximum absolute atomic E-state index is 13.2. The van der Waals surface area contributed by atoms with Crippen LogP contribution in [0.25, 0.3) is 0 Å². The Labute approximate surface area is 200 Å². The molecule has 0 fully saturated rings. The van der Waals surface area contributed by atoms with Gasteiger partial charge in [-0.15, -0.1) is 11.8 Å². The van der Waals surface area contributed by atoms with Gasteiger partial charge in [0.05, 0.1) is 12.9 Å². The molecule has 2 amide bonds. The molecule has 0 aliphatic carbocycles. The molecular weight excluding hydrogens is 444 g/mol. The highest BCUT2D eigenvalue weighted by Crippen LogP contribution is 2.20. The molecule has 0 saturated heterocycles. The van der Waals surface area contributed by atoms with Gasteiger partial charge in [0.15, 0.2) is 0 Å². The fourth-order valence-electron chi connectivity index (χ4n) is 3.21. The Hall–Kier alpha value is -2.18. The number of carbonyl (C=O) groups is 2. The van der Waals surface area contributed by atoms with Crippen LogP contribution >= 0.6 is 23.4 Å². The van der Waals surface area contributed by atoms with Crippen molar-refractivity contribution in [1.29, 1.82) is 0 Å². The molecule has 1 N–H and O–H groups in total. The number of rotatable bonds is 12. The molecule has 0 aliphatic heterocycles. The van der Waals surface area contributed by atoms with E-state index in [0.29, 0.717) is 29.5 Å². The van der Waals surface area contributed by atoms with Gasteiger partial charge in [0.25, 0.3) is 0 Å².